The molecule has 1 saturated heterocycles. The lowest BCUT2D eigenvalue weighted by Crippen LogP contribution is -2.40. The van der Waals surface area contributed by atoms with Gasteiger partial charge >= 0.3 is 11.7 Å². The van der Waals surface area contributed by atoms with E-state index in [4.69, 9.17) is 14.2 Å². The average Bonchev–Trinajstić information content (AvgIpc) is 3.21. The van der Waals surface area contributed by atoms with Crippen LogP contribution >= 0.6 is 0 Å². The van der Waals surface area contributed by atoms with Crippen molar-refractivity contribution in [1.82, 2.24) is 9.97 Å². The van der Waals surface area contributed by atoms with Gasteiger partial charge in [-0.15, -0.1) is 0 Å². The van der Waals surface area contributed by atoms with E-state index in [1.54, 1.807) is 30.0 Å². The normalized spacial score (nSPS) is 17.5. The number of hydrogen-bond donors (Lipinski definition) is 1. The number of nitrogens with one attached hydrogen (secondary N) is 1. The number of carbonyl (C=O) groups is 1. The van der Waals surface area contributed by atoms with Crippen molar-refractivity contribution < 1.29 is 23.9 Å². The second-order valence-electron chi connectivity index (χ2n) is 6.88. The maximum absolute atomic E-state index is 12.1. The van der Waals surface area contributed by atoms with Gasteiger partial charge in [0.25, 0.3) is 0 Å². The lowest BCUT2D eigenvalue weighted by atomic mass is 9.98. The van der Waals surface area contributed by atoms with Crippen molar-refractivity contribution in [1.29, 1.82) is 0 Å². The van der Waals surface area contributed by atoms with Gasteiger partial charge < -0.3 is 24.4 Å². The van der Waals surface area contributed by atoms with Crippen molar-refractivity contribution in [3.8, 4) is 11.5 Å². The second kappa shape index (κ2) is 8.39. The van der Waals surface area contributed by atoms with Gasteiger partial charge in [0.15, 0.2) is 11.5 Å². The number of ether oxygens (including phenoxy) is 3. The number of benzene rings is 1. The molecule has 3 heterocycles. The van der Waals surface area contributed by atoms with Crippen LogP contribution in [-0.4, -0.2) is 47.3 Å². The van der Waals surface area contributed by atoms with E-state index in [9.17, 15) is 14.9 Å². The SMILES string of the molecule is CCOC(=O)C1CCCN(c2ncnc(Nc3ccc4c(c3)OCO4)c2[N+](=O)[O-])C1. The van der Waals surface area contributed by atoms with Crippen LogP contribution in [0.15, 0.2) is 24.5 Å². The Kier molecular flexibility index (Phi) is 5.50. The Bertz CT molecular complexity index is 968. The fraction of sp³-hybridized carbons (Fsp3) is 0.421. The Morgan fingerprint density at radius 2 is 2.20 bits per heavy atom. The van der Waals surface area contributed by atoms with Gasteiger partial charge in [-0.2, -0.15) is 0 Å². The molecule has 0 spiro atoms. The maximum atomic E-state index is 12.1. The summed E-state index contributed by atoms with van der Waals surface area (Å²) in [7, 11) is 0. The average molecular weight is 415 g/mol. The van der Waals surface area contributed by atoms with E-state index in [0.717, 1.165) is 0 Å². The van der Waals surface area contributed by atoms with Crippen LogP contribution in [0.4, 0.5) is 23.0 Å². The minimum absolute atomic E-state index is 0.0575. The summed E-state index contributed by atoms with van der Waals surface area (Å²) in [6.07, 6.45) is 2.65. The zero-order valence-corrected chi connectivity index (χ0v) is 16.4. The van der Waals surface area contributed by atoms with Crippen molar-refractivity contribution in [2.24, 2.45) is 5.92 Å². The van der Waals surface area contributed by atoms with E-state index in [1.165, 1.54) is 6.33 Å². The molecule has 1 aromatic heterocycles. The lowest BCUT2D eigenvalue weighted by Gasteiger charge is -2.32. The Morgan fingerprint density at radius 1 is 1.37 bits per heavy atom. The minimum Gasteiger partial charge on any atom is -0.466 e. The molecule has 0 radical (unpaired) electrons. The first-order valence-corrected chi connectivity index (χ1v) is 9.64. The van der Waals surface area contributed by atoms with Crippen LogP contribution in [0.2, 0.25) is 0 Å². The summed E-state index contributed by atoms with van der Waals surface area (Å²) in [5.74, 6) is 0.743. The van der Waals surface area contributed by atoms with E-state index < -0.39 is 4.92 Å². The van der Waals surface area contributed by atoms with Crippen LogP contribution in [0.25, 0.3) is 0 Å². The number of esters is 1. The topological polar surface area (TPSA) is 129 Å². The molecule has 4 rings (SSSR count). The van der Waals surface area contributed by atoms with Crippen molar-refractivity contribution >= 4 is 29.0 Å². The van der Waals surface area contributed by atoms with Crippen LogP contribution in [0, 0.1) is 16.0 Å². The fourth-order valence-corrected chi connectivity index (χ4v) is 3.59. The predicted molar refractivity (Wildman–Crippen MR) is 106 cm³/mol. The van der Waals surface area contributed by atoms with E-state index in [1.807, 2.05) is 0 Å². The molecule has 1 fully saturated rings. The first-order valence-electron chi connectivity index (χ1n) is 9.64. The number of aromatic nitrogens is 2. The predicted octanol–water partition coefficient (Wildman–Crippen LogP) is 2.64. The standard InChI is InChI=1S/C19H21N5O6/c1-2-28-19(25)12-4-3-7-23(9-12)18-16(24(26)27)17(20-10-21-18)22-13-5-6-14-15(8-13)30-11-29-14/h5-6,8,10,12H,2-4,7,9,11H2,1H3,(H,20,21,22). The Labute approximate surface area is 172 Å². The van der Waals surface area contributed by atoms with Crippen LogP contribution < -0.4 is 19.7 Å². The van der Waals surface area contributed by atoms with Gasteiger partial charge in [0.1, 0.15) is 6.33 Å². The molecule has 2 aliphatic heterocycles. The Hall–Kier alpha value is -3.63. The van der Waals surface area contributed by atoms with Gasteiger partial charge in [0, 0.05) is 24.8 Å². The third-order valence-electron chi connectivity index (χ3n) is 4.96. The van der Waals surface area contributed by atoms with Gasteiger partial charge in [-0.3, -0.25) is 14.9 Å². The molecule has 11 heteroatoms. The van der Waals surface area contributed by atoms with Crippen LogP contribution in [0.5, 0.6) is 11.5 Å². The lowest BCUT2D eigenvalue weighted by molar-refractivity contribution is -0.383. The largest absolute Gasteiger partial charge is 0.466 e. The monoisotopic (exact) mass is 415 g/mol. The molecule has 2 aromatic rings. The molecule has 0 amide bonds. The molecule has 0 saturated carbocycles. The number of piperidine rings is 1. The van der Waals surface area contributed by atoms with Crippen molar-refractivity contribution in [2.75, 3.05) is 36.7 Å². The molecule has 0 bridgehead atoms. The highest BCUT2D eigenvalue weighted by molar-refractivity contribution is 5.77. The van der Waals surface area contributed by atoms with E-state index >= 15 is 0 Å². The van der Waals surface area contributed by atoms with Crippen LogP contribution in [-0.2, 0) is 9.53 Å². The smallest absolute Gasteiger partial charge is 0.353 e. The van der Waals surface area contributed by atoms with Crippen molar-refractivity contribution in [3.63, 3.8) is 0 Å². The summed E-state index contributed by atoms with van der Waals surface area (Å²) in [6.45, 7) is 3.04. The van der Waals surface area contributed by atoms with Gasteiger partial charge in [0.05, 0.1) is 17.4 Å². The first kappa shape index (κ1) is 19.7. The highest BCUT2D eigenvalue weighted by atomic mass is 16.7. The van der Waals surface area contributed by atoms with Gasteiger partial charge in [-0.25, -0.2) is 9.97 Å². The summed E-state index contributed by atoms with van der Waals surface area (Å²) in [6, 6.07) is 5.12. The van der Waals surface area contributed by atoms with Crippen molar-refractivity contribution in [2.45, 2.75) is 19.8 Å². The van der Waals surface area contributed by atoms with E-state index in [0.29, 0.717) is 49.7 Å². The third kappa shape index (κ3) is 3.91. The molecule has 1 atom stereocenters. The molecule has 1 N–H and O–H groups in total. The summed E-state index contributed by atoms with van der Waals surface area (Å²) in [5, 5.41) is 14.9. The molecule has 0 aliphatic carbocycles. The number of fused-ring (bicyclic) bond motifs is 1. The molecule has 11 nitrogen and oxygen atoms in total. The second-order valence-corrected chi connectivity index (χ2v) is 6.88. The number of carbonyl (C=O) groups excluding carboxylic acids is 1. The summed E-state index contributed by atoms with van der Waals surface area (Å²) >= 11 is 0. The number of anilines is 3. The summed E-state index contributed by atoms with van der Waals surface area (Å²) in [4.78, 5) is 33.5. The van der Waals surface area contributed by atoms with E-state index in [2.05, 4.69) is 15.3 Å². The highest BCUT2D eigenvalue weighted by Gasteiger charge is 2.33. The quantitative estimate of drug-likeness (QED) is 0.427. The third-order valence-corrected chi connectivity index (χ3v) is 4.96. The zero-order chi connectivity index (χ0) is 21.1. The molecule has 158 valence electrons. The van der Waals surface area contributed by atoms with E-state index in [-0.39, 0.29) is 36.0 Å². The molecule has 30 heavy (non-hydrogen) atoms. The number of nitro groups is 1. The summed E-state index contributed by atoms with van der Waals surface area (Å²) in [5.41, 5.74) is 0.315. The minimum atomic E-state index is -0.515. The first-order chi connectivity index (χ1) is 14.6. The molecular weight excluding hydrogens is 394 g/mol. The Balaban J connectivity index is 1.61. The highest BCUT2D eigenvalue weighted by Crippen LogP contribution is 2.38. The molecule has 1 aromatic carbocycles. The number of nitrogens with zero attached hydrogens (tertiary/aromatic N) is 4. The zero-order valence-electron chi connectivity index (χ0n) is 16.4. The molecule has 2 aliphatic rings. The molecular formula is C19H21N5O6. The van der Waals surface area contributed by atoms with Gasteiger partial charge in [0.2, 0.25) is 18.4 Å². The Morgan fingerprint density at radius 3 is 3.00 bits per heavy atom. The maximum Gasteiger partial charge on any atom is 0.353 e. The van der Waals surface area contributed by atoms with Crippen LogP contribution in [0.1, 0.15) is 19.8 Å². The van der Waals surface area contributed by atoms with Gasteiger partial charge in [-0.1, -0.05) is 0 Å². The molecule has 1 unspecified atom stereocenters. The van der Waals surface area contributed by atoms with Crippen LogP contribution in [0.3, 0.4) is 0 Å². The van der Waals surface area contributed by atoms with Crippen molar-refractivity contribution in [3.05, 3.63) is 34.6 Å². The fourth-order valence-electron chi connectivity index (χ4n) is 3.59. The number of hydrogen-bond acceptors (Lipinski definition) is 10. The summed E-state index contributed by atoms with van der Waals surface area (Å²) < 4.78 is 15.7. The van der Waals surface area contributed by atoms with Gasteiger partial charge in [-0.05, 0) is 31.9 Å². The number of rotatable bonds is 6.